The number of fused-ring (bicyclic) bond motifs is 1. The van der Waals surface area contributed by atoms with E-state index in [0.717, 1.165) is 50.4 Å². The molecule has 3 N–H and O–H groups in total. The van der Waals surface area contributed by atoms with E-state index in [9.17, 15) is 10.1 Å². The van der Waals surface area contributed by atoms with Crippen LogP contribution in [0, 0.1) is 23.2 Å². The Hall–Kier alpha value is -2.42. The quantitative estimate of drug-likeness (QED) is 0.288. The van der Waals surface area contributed by atoms with Gasteiger partial charge in [0.25, 0.3) is 0 Å². The number of nitrogens with one attached hydrogen (secondary N) is 3. The van der Waals surface area contributed by atoms with Crippen molar-refractivity contribution >= 4 is 28.9 Å². The van der Waals surface area contributed by atoms with Crippen LogP contribution in [0.1, 0.15) is 52.4 Å². The third-order valence-electron chi connectivity index (χ3n) is 8.63. The van der Waals surface area contributed by atoms with Crippen LogP contribution < -0.4 is 20.7 Å². The van der Waals surface area contributed by atoms with E-state index in [1.165, 1.54) is 0 Å². The Kier molecular flexibility index (Phi) is 12.9. The molecular weight excluding hydrogens is 568 g/mol. The highest BCUT2D eigenvalue weighted by Gasteiger charge is 2.44. The van der Waals surface area contributed by atoms with E-state index < -0.39 is 0 Å². The monoisotopic (exact) mass is 616 g/mol. The number of ether oxygens (including phenoxy) is 3. The zero-order chi connectivity index (χ0) is 30.8. The summed E-state index contributed by atoms with van der Waals surface area (Å²) < 4.78 is 17.9. The molecule has 1 aromatic rings. The highest BCUT2D eigenvalue weighted by atomic mass is 35.5. The van der Waals surface area contributed by atoms with Crippen molar-refractivity contribution in [2.45, 2.75) is 82.7 Å². The number of aliphatic imine (C=N–C) groups is 1. The van der Waals surface area contributed by atoms with Gasteiger partial charge in [-0.2, -0.15) is 5.26 Å². The molecule has 1 aromatic carbocycles. The number of carbonyl (C=O) groups excluding carboxylic acids is 1. The number of nitrogens with zero attached hydrogens (tertiary/aromatic N) is 3. The van der Waals surface area contributed by atoms with Gasteiger partial charge in [0, 0.05) is 56.0 Å². The lowest BCUT2D eigenvalue weighted by molar-refractivity contribution is -0.123. The van der Waals surface area contributed by atoms with Gasteiger partial charge in [-0.15, -0.1) is 0 Å². The molecule has 1 saturated heterocycles. The second-order valence-electron chi connectivity index (χ2n) is 12.1. The third kappa shape index (κ3) is 9.53. The summed E-state index contributed by atoms with van der Waals surface area (Å²) >= 11 is 6.67. The van der Waals surface area contributed by atoms with Crippen LogP contribution in [-0.2, 0) is 14.3 Å². The van der Waals surface area contributed by atoms with Gasteiger partial charge < -0.3 is 35.1 Å². The Morgan fingerprint density at radius 2 is 2.05 bits per heavy atom. The van der Waals surface area contributed by atoms with E-state index in [-0.39, 0.29) is 48.1 Å². The highest BCUT2D eigenvalue weighted by Crippen LogP contribution is 2.36. The number of rotatable bonds is 14. The van der Waals surface area contributed by atoms with E-state index in [4.69, 9.17) is 30.8 Å². The van der Waals surface area contributed by atoms with Crippen LogP contribution in [0.2, 0.25) is 5.02 Å². The van der Waals surface area contributed by atoms with Gasteiger partial charge in [-0.25, -0.2) is 0 Å². The summed E-state index contributed by atoms with van der Waals surface area (Å²) in [7, 11) is 4.02. The van der Waals surface area contributed by atoms with Crippen LogP contribution in [0.15, 0.2) is 23.2 Å². The summed E-state index contributed by atoms with van der Waals surface area (Å²) in [5, 5.41) is 20.9. The summed E-state index contributed by atoms with van der Waals surface area (Å²) in [6.07, 6.45) is 4.72. The second kappa shape index (κ2) is 16.6. The first-order valence-corrected chi connectivity index (χ1v) is 16.2. The van der Waals surface area contributed by atoms with E-state index >= 15 is 0 Å². The molecule has 0 bridgehead atoms. The average Bonchev–Trinajstić information content (AvgIpc) is 2.98. The normalized spacial score (nSPS) is 28.9. The standard InChI is InChI=1S/C32H49ClN6O4/c1-5-41-24-11-9-23(35-19-24)20-43-29-12-10-22(14-26(29)33)37-32-21(17-34)18-36-27-16-30(42-6-2)28(15-25(27)32)38-31(40)8-7-13-39(3)4/h10,12,14,21,23-25,28,30,32,35,37H,5-9,11,13,15-16,18-20H2,1-4H3,(H,38,40). The summed E-state index contributed by atoms with van der Waals surface area (Å²) in [5.41, 5.74) is 1.88. The molecule has 3 aliphatic rings. The molecule has 0 spiro atoms. The molecule has 2 heterocycles. The third-order valence-corrected chi connectivity index (χ3v) is 8.93. The molecule has 2 fully saturated rings. The lowest BCUT2D eigenvalue weighted by Gasteiger charge is -2.44. The van der Waals surface area contributed by atoms with Crippen molar-refractivity contribution < 1.29 is 19.0 Å². The van der Waals surface area contributed by atoms with Crippen molar-refractivity contribution in [2.24, 2.45) is 16.8 Å². The minimum Gasteiger partial charge on any atom is -0.490 e. The fourth-order valence-electron chi connectivity index (χ4n) is 6.40. The number of benzene rings is 1. The van der Waals surface area contributed by atoms with Gasteiger partial charge in [-0.05, 0) is 78.4 Å². The summed E-state index contributed by atoms with van der Waals surface area (Å²) in [5.74, 6) is 0.364. The lowest BCUT2D eigenvalue weighted by Crippen LogP contribution is -2.56. The fraction of sp³-hybridized carbons (Fsp3) is 0.719. The molecule has 43 heavy (non-hydrogen) atoms. The molecule has 4 rings (SSSR count). The Morgan fingerprint density at radius 1 is 1.23 bits per heavy atom. The second-order valence-corrected chi connectivity index (χ2v) is 12.5. The van der Waals surface area contributed by atoms with Crippen LogP contribution in [0.4, 0.5) is 5.69 Å². The average molecular weight is 617 g/mol. The predicted molar refractivity (Wildman–Crippen MR) is 170 cm³/mol. The summed E-state index contributed by atoms with van der Waals surface area (Å²) in [4.78, 5) is 19.7. The Balaban J connectivity index is 1.39. The van der Waals surface area contributed by atoms with Gasteiger partial charge >= 0.3 is 0 Å². The van der Waals surface area contributed by atoms with Gasteiger partial charge in [0.15, 0.2) is 0 Å². The SMILES string of the molecule is CCOC1CCC(COc2ccc(NC3C(C#N)CN=C4CC(OCC)C(NC(=O)CCCN(C)C)CC43)cc2Cl)NC1. The maximum absolute atomic E-state index is 12.8. The van der Waals surface area contributed by atoms with Crippen LogP contribution in [0.5, 0.6) is 5.75 Å². The van der Waals surface area contributed by atoms with Crippen molar-refractivity contribution in [3.63, 3.8) is 0 Å². The van der Waals surface area contributed by atoms with Crippen molar-refractivity contribution in [2.75, 3.05) is 58.9 Å². The van der Waals surface area contributed by atoms with Crippen LogP contribution >= 0.6 is 11.6 Å². The van der Waals surface area contributed by atoms with Crippen molar-refractivity contribution in [3.8, 4) is 11.8 Å². The van der Waals surface area contributed by atoms with Gasteiger partial charge in [-0.1, -0.05) is 11.6 Å². The number of hydrogen-bond donors (Lipinski definition) is 3. The molecule has 238 valence electrons. The first-order valence-electron chi connectivity index (χ1n) is 15.8. The Labute approximate surface area is 261 Å². The van der Waals surface area contributed by atoms with Gasteiger partial charge in [-0.3, -0.25) is 9.79 Å². The molecule has 1 amide bonds. The number of halogens is 1. The summed E-state index contributed by atoms with van der Waals surface area (Å²) in [6, 6.07) is 8.12. The predicted octanol–water partition coefficient (Wildman–Crippen LogP) is 3.89. The first kappa shape index (κ1) is 33.5. The van der Waals surface area contributed by atoms with Gasteiger partial charge in [0.2, 0.25) is 5.91 Å². The summed E-state index contributed by atoms with van der Waals surface area (Å²) in [6.45, 7) is 7.96. The number of carbonyl (C=O) groups is 1. The van der Waals surface area contributed by atoms with Crippen LogP contribution in [0.3, 0.4) is 0 Å². The molecule has 2 aliphatic heterocycles. The lowest BCUT2D eigenvalue weighted by atomic mass is 9.72. The minimum absolute atomic E-state index is 0.00484. The number of nitriles is 1. The molecular formula is C32H49ClN6O4. The van der Waals surface area contributed by atoms with E-state index in [1.807, 2.05) is 46.1 Å². The maximum atomic E-state index is 12.8. The van der Waals surface area contributed by atoms with Crippen LogP contribution in [-0.4, -0.2) is 100 Å². The minimum atomic E-state index is -0.304. The zero-order valence-corrected chi connectivity index (χ0v) is 26.9. The molecule has 0 radical (unpaired) electrons. The van der Waals surface area contributed by atoms with E-state index in [1.54, 1.807) is 0 Å². The highest BCUT2D eigenvalue weighted by molar-refractivity contribution is 6.32. The van der Waals surface area contributed by atoms with E-state index in [0.29, 0.717) is 49.8 Å². The van der Waals surface area contributed by atoms with Gasteiger partial charge in [0.1, 0.15) is 12.4 Å². The molecule has 0 aromatic heterocycles. The zero-order valence-electron chi connectivity index (χ0n) is 26.1. The maximum Gasteiger partial charge on any atom is 0.220 e. The topological polar surface area (TPSA) is 120 Å². The molecule has 1 saturated carbocycles. The van der Waals surface area contributed by atoms with Crippen molar-refractivity contribution in [3.05, 3.63) is 23.2 Å². The Morgan fingerprint density at radius 3 is 2.72 bits per heavy atom. The molecule has 10 nitrogen and oxygen atoms in total. The smallest absolute Gasteiger partial charge is 0.220 e. The number of piperidine rings is 1. The van der Waals surface area contributed by atoms with Crippen LogP contribution in [0.25, 0.3) is 0 Å². The molecule has 1 aliphatic carbocycles. The molecule has 11 heteroatoms. The number of amides is 1. The molecule has 7 unspecified atom stereocenters. The first-order chi connectivity index (χ1) is 20.8. The molecule has 7 atom stereocenters. The largest absolute Gasteiger partial charge is 0.490 e. The number of anilines is 1. The fourth-order valence-corrected chi connectivity index (χ4v) is 6.64. The number of hydrogen-bond acceptors (Lipinski definition) is 9. The Bertz CT molecular complexity index is 1120. The van der Waals surface area contributed by atoms with Crippen molar-refractivity contribution in [1.29, 1.82) is 5.26 Å². The van der Waals surface area contributed by atoms with Gasteiger partial charge in [0.05, 0.1) is 47.8 Å². The van der Waals surface area contributed by atoms with Crippen molar-refractivity contribution in [1.82, 2.24) is 15.5 Å². The van der Waals surface area contributed by atoms with E-state index in [2.05, 4.69) is 26.9 Å².